The van der Waals surface area contributed by atoms with Gasteiger partial charge in [0.25, 0.3) is 11.7 Å². The van der Waals surface area contributed by atoms with Crippen LogP contribution < -0.4 is 0 Å². The van der Waals surface area contributed by atoms with E-state index in [2.05, 4.69) is 15.0 Å². The molecule has 0 saturated carbocycles. The molecule has 1 amide bonds. The molecule has 29 heavy (non-hydrogen) atoms. The van der Waals surface area contributed by atoms with Crippen molar-refractivity contribution < 1.29 is 14.7 Å². The van der Waals surface area contributed by atoms with Crippen LogP contribution in [0.4, 0.5) is 0 Å². The zero-order chi connectivity index (χ0) is 20.2. The number of aromatic amines is 1. The van der Waals surface area contributed by atoms with Crippen molar-refractivity contribution in [1.82, 2.24) is 19.9 Å². The molecule has 7 nitrogen and oxygen atoms in total. The number of likely N-dealkylation sites (tertiary alicyclic amines) is 1. The first-order valence-corrected chi connectivity index (χ1v) is 9.40. The van der Waals surface area contributed by atoms with Crippen molar-refractivity contribution in [3.8, 4) is 0 Å². The number of rotatable bonds is 6. The predicted octanol–water partition coefficient (Wildman–Crippen LogP) is 2.86. The van der Waals surface area contributed by atoms with Crippen molar-refractivity contribution in [2.45, 2.75) is 18.9 Å². The Balaban J connectivity index is 1.70. The van der Waals surface area contributed by atoms with E-state index in [9.17, 15) is 14.7 Å². The Bertz CT molecular complexity index is 1030. The van der Waals surface area contributed by atoms with Crippen LogP contribution in [0.5, 0.6) is 0 Å². The smallest absolute Gasteiger partial charge is 0.295 e. The minimum Gasteiger partial charge on any atom is -0.507 e. The van der Waals surface area contributed by atoms with E-state index in [0.29, 0.717) is 30.6 Å². The molecular formula is C22H20N4O3. The number of aryl methyl sites for hydroxylation is 1. The molecule has 1 aliphatic rings. The number of pyridine rings is 1. The van der Waals surface area contributed by atoms with E-state index in [1.54, 1.807) is 61.1 Å². The topological polar surface area (TPSA) is 99.2 Å². The number of aromatic nitrogens is 3. The predicted molar refractivity (Wildman–Crippen MR) is 107 cm³/mol. The van der Waals surface area contributed by atoms with Crippen LogP contribution >= 0.6 is 0 Å². The van der Waals surface area contributed by atoms with Gasteiger partial charge < -0.3 is 15.0 Å². The molecule has 0 bridgehead atoms. The molecular weight excluding hydrogens is 368 g/mol. The Hall–Kier alpha value is -3.74. The third kappa shape index (κ3) is 3.67. The quantitative estimate of drug-likeness (QED) is 0.384. The highest BCUT2D eigenvalue weighted by atomic mass is 16.3. The Morgan fingerprint density at radius 1 is 1.03 bits per heavy atom. The molecule has 0 aliphatic carbocycles. The Kier molecular flexibility index (Phi) is 5.20. The second kappa shape index (κ2) is 8.10. The van der Waals surface area contributed by atoms with Crippen LogP contribution in [0.25, 0.3) is 5.76 Å². The summed E-state index contributed by atoms with van der Waals surface area (Å²) in [6.07, 6.45) is 6.30. The van der Waals surface area contributed by atoms with Gasteiger partial charge in [-0.15, -0.1) is 0 Å². The van der Waals surface area contributed by atoms with Crippen molar-refractivity contribution in [3.05, 3.63) is 89.8 Å². The van der Waals surface area contributed by atoms with Crippen LogP contribution in [0.2, 0.25) is 0 Å². The number of Topliss-reactive ketones (excluding diaryl/α,β-unsaturated/α-hetero) is 1. The average molecular weight is 388 g/mol. The minimum absolute atomic E-state index is 0.0675. The second-order valence-electron chi connectivity index (χ2n) is 6.75. The zero-order valence-electron chi connectivity index (χ0n) is 15.7. The Morgan fingerprint density at radius 3 is 2.52 bits per heavy atom. The maximum absolute atomic E-state index is 12.9. The highest BCUT2D eigenvalue weighted by Gasteiger charge is 2.46. The zero-order valence-corrected chi connectivity index (χ0v) is 15.7. The third-order valence-corrected chi connectivity index (χ3v) is 4.92. The number of carbonyl (C=O) groups excluding carboxylic acids is 2. The SMILES string of the molecule is O=C1C(=O)N(CCCc2ncc[nH]2)C(c2ccccn2)/C1=C(\O)c1ccccc1. The standard InChI is InChI=1S/C22H20N4O3/c27-20(15-7-2-1-3-8-15)18-19(16-9-4-5-11-23-16)26(22(29)21(18)28)14-6-10-17-24-12-13-25-17/h1-5,7-9,11-13,19,27H,6,10,14H2,(H,24,25)/b20-18+. The lowest BCUT2D eigenvalue weighted by molar-refractivity contribution is -0.139. The molecule has 1 aromatic carbocycles. The maximum Gasteiger partial charge on any atom is 0.295 e. The molecule has 3 heterocycles. The van der Waals surface area contributed by atoms with Gasteiger partial charge in [0.1, 0.15) is 17.6 Å². The summed E-state index contributed by atoms with van der Waals surface area (Å²) in [5.41, 5.74) is 1.10. The van der Waals surface area contributed by atoms with E-state index in [1.165, 1.54) is 4.90 Å². The van der Waals surface area contributed by atoms with Gasteiger partial charge in [0, 0.05) is 37.1 Å². The lowest BCUT2D eigenvalue weighted by Gasteiger charge is -2.24. The molecule has 3 aromatic rings. The van der Waals surface area contributed by atoms with Crippen LogP contribution in [-0.2, 0) is 16.0 Å². The number of imidazole rings is 1. The number of carbonyl (C=O) groups is 2. The number of nitrogens with one attached hydrogen (secondary N) is 1. The molecule has 1 aliphatic heterocycles. The summed E-state index contributed by atoms with van der Waals surface area (Å²) >= 11 is 0. The fourth-order valence-corrected chi connectivity index (χ4v) is 3.56. The summed E-state index contributed by atoms with van der Waals surface area (Å²) in [4.78, 5) is 38.7. The first-order valence-electron chi connectivity index (χ1n) is 9.40. The van der Waals surface area contributed by atoms with Crippen LogP contribution in [-0.4, -0.2) is 43.2 Å². The highest BCUT2D eigenvalue weighted by Crippen LogP contribution is 2.38. The van der Waals surface area contributed by atoms with E-state index in [0.717, 1.165) is 5.82 Å². The van der Waals surface area contributed by atoms with Crippen molar-refractivity contribution in [2.24, 2.45) is 0 Å². The van der Waals surface area contributed by atoms with Crippen molar-refractivity contribution in [3.63, 3.8) is 0 Å². The average Bonchev–Trinajstić information content (AvgIpc) is 3.37. The number of hydrogen-bond donors (Lipinski definition) is 2. The number of amides is 1. The Morgan fingerprint density at radius 2 is 1.83 bits per heavy atom. The molecule has 4 rings (SSSR count). The molecule has 1 saturated heterocycles. The van der Waals surface area contributed by atoms with E-state index < -0.39 is 17.7 Å². The van der Waals surface area contributed by atoms with Gasteiger partial charge >= 0.3 is 0 Å². The first kappa shape index (κ1) is 18.6. The normalized spacial score (nSPS) is 18.3. The third-order valence-electron chi connectivity index (χ3n) is 4.92. The number of aliphatic hydroxyl groups excluding tert-OH is 1. The molecule has 1 atom stereocenters. The summed E-state index contributed by atoms with van der Waals surface area (Å²) in [5.74, 6) is -0.689. The molecule has 1 unspecified atom stereocenters. The minimum atomic E-state index is -0.729. The fourth-order valence-electron chi connectivity index (χ4n) is 3.56. The summed E-state index contributed by atoms with van der Waals surface area (Å²) in [6.45, 7) is 0.345. The van der Waals surface area contributed by atoms with Gasteiger partial charge in [-0.05, 0) is 18.6 Å². The maximum atomic E-state index is 12.9. The molecule has 0 spiro atoms. The van der Waals surface area contributed by atoms with Gasteiger partial charge in [-0.1, -0.05) is 36.4 Å². The van der Waals surface area contributed by atoms with Crippen molar-refractivity contribution in [1.29, 1.82) is 0 Å². The van der Waals surface area contributed by atoms with Gasteiger partial charge in [-0.3, -0.25) is 14.6 Å². The summed E-state index contributed by atoms with van der Waals surface area (Å²) < 4.78 is 0. The highest BCUT2D eigenvalue weighted by molar-refractivity contribution is 6.46. The Labute approximate surface area is 167 Å². The number of aliphatic hydroxyl groups is 1. The fraction of sp³-hybridized carbons (Fsp3) is 0.182. The van der Waals surface area contributed by atoms with Crippen LogP contribution in [0.15, 0.2) is 72.7 Å². The van der Waals surface area contributed by atoms with Crippen LogP contribution in [0, 0.1) is 0 Å². The number of H-pyrrole nitrogens is 1. The first-order chi connectivity index (χ1) is 14.2. The van der Waals surface area contributed by atoms with E-state index in [4.69, 9.17) is 0 Å². The van der Waals surface area contributed by atoms with Gasteiger partial charge in [0.2, 0.25) is 0 Å². The largest absolute Gasteiger partial charge is 0.507 e. The summed E-state index contributed by atoms with van der Waals surface area (Å²) in [5, 5.41) is 10.9. The molecule has 146 valence electrons. The van der Waals surface area contributed by atoms with Crippen LogP contribution in [0.3, 0.4) is 0 Å². The van der Waals surface area contributed by atoms with E-state index in [-0.39, 0.29) is 11.3 Å². The molecule has 0 radical (unpaired) electrons. The van der Waals surface area contributed by atoms with Gasteiger partial charge in [-0.2, -0.15) is 0 Å². The lowest BCUT2D eigenvalue weighted by atomic mass is 9.98. The van der Waals surface area contributed by atoms with E-state index >= 15 is 0 Å². The summed E-state index contributed by atoms with van der Waals surface area (Å²) in [7, 11) is 0. The van der Waals surface area contributed by atoms with Gasteiger partial charge in [0.15, 0.2) is 0 Å². The second-order valence-corrected chi connectivity index (χ2v) is 6.75. The van der Waals surface area contributed by atoms with Crippen molar-refractivity contribution in [2.75, 3.05) is 6.54 Å². The van der Waals surface area contributed by atoms with Gasteiger partial charge in [0.05, 0.1) is 11.3 Å². The number of hydrogen-bond acceptors (Lipinski definition) is 5. The number of benzene rings is 1. The molecule has 7 heteroatoms. The number of ketones is 1. The molecule has 2 N–H and O–H groups in total. The van der Waals surface area contributed by atoms with E-state index in [1.807, 2.05) is 6.07 Å². The van der Waals surface area contributed by atoms with Crippen LogP contribution in [0.1, 0.15) is 29.5 Å². The summed E-state index contributed by atoms with van der Waals surface area (Å²) in [6, 6.07) is 13.4. The lowest BCUT2D eigenvalue weighted by Crippen LogP contribution is -2.31. The van der Waals surface area contributed by atoms with Crippen molar-refractivity contribution >= 4 is 17.4 Å². The molecule has 1 fully saturated rings. The number of nitrogens with zero attached hydrogens (tertiary/aromatic N) is 3. The molecule has 2 aromatic heterocycles. The van der Waals surface area contributed by atoms with Gasteiger partial charge in [-0.25, -0.2) is 4.98 Å². The monoisotopic (exact) mass is 388 g/mol.